The molecule has 2 saturated heterocycles. The number of nitrogens with zero attached hydrogens (tertiary/aromatic N) is 1. The molecule has 2 aliphatic rings. The fraction of sp³-hybridized carbons (Fsp3) is 0.429. The van der Waals surface area contributed by atoms with E-state index in [2.05, 4.69) is 31.2 Å². The average molecular weight is 372 g/mol. The van der Waals surface area contributed by atoms with E-state index in [-0.39, 0.29) is 18.2 Å². The Morgan fingerprint density at radius 3 is 1.88 bits per heavy atom. The highest BCUT2D eigenvalue weighted by Gasteiger charge is 2.47. The Morgan fingerprint density at radius 1 is 0.885 bits per heavy atom. The van der Waals surface area contributed by atoms with Crippen LogP contribution < -0.4 is 0 Å². The van der Waals surface area contributed by atoms with Crippen LogP contribution in [-0.4, -0.2) is 38.0 Å². The van der Waals surface area contributed by atoms with Crippen molar-refractivity contribution in [1.29, 1.82) is 0 Å². The normalized spacial score (nSPS) is 26.2. The van der Waals surface area contributed by atoms with Crippen LogP contribution in [0.2, 0.25) is 0 Å². The molecule has 2 aromatic rings. The standard InChI is InChI=1S/C21H25NO3S/c1-15-3-5-16(6-4-15)17-7-11-21(12-8-17)26(23,24)22-18-9-10-19(22)14-20(13-18)25-2/h3-8,11-12,18-20H,9-10,13-14H2,1-2H3. The summed E-state index contributed by atoms with van der Waals surface area (Å²) in [7, 11) is -1.74. The van der Waals surface area contributed by atoms with Crippen LogP contribution in [0.4, 0.5) is 0 Å². The summed E-state index contributed by atoms with van der Waals surface area (Å²) in [6, 6.07) is 15.7. The Hall–Kier alpha value is -1.69. The summed E-state index contributed by atoms with van der Waals surface area (Å²) in [5, 5.41) is 0. The number of rotatable bonds is 4. The summed E-state index contributed by atoms with van der Waals surface area (Å²) in [4.78, 5) is 0.390. The number of ether oxygens (including phenoxy) is 1. The maximum atomic E-state index is 13.2. The molecule has 2 fully saturated rings. The van der Waals surface area contributed by atoms with Crippen molar-refractivity contribution in [3.8, 4) is 11.1 Å². The third-order valence-electron chi connectivity index (χ3n) is 5.77. The fourth-order valence-corrected chi connectivity index (χ4v) is 6.25. The van der Waals surface area contributed by atoms with Crippen LogP contribution in [0, 0.1) is 6.92 Å². The minimum atomic E-state index is -3.46. The van der Waals surface area contributed by atoms with Gasteiger partial charge in [-0.2, -0.15) is 4.31 Å². The Labute approximate surface area is 155 Å². The van der Waals surface area contributed by atoms with Crippen molar-refractivity contribution in [2.45, 2.75) is 55.7 Å². The number of methoxy groups -OCH3 is 1. The van der Waals surface area contributed by atoms with Gasteiger partial charge in [-0.15, -0.1) is 0 Å². The van der Waals surface area contributed by atoms with Gasteiger partial charge in [0.15, 0.2) is 0 Å². The van der Waals surface area contributed by atoms with E-state index in [1.165, 1.54) is 5.56 Å². The first kappa shape index (κ1) is 17.7. The summed E-state index contributed by atoms with van der Waals surface area (Å²) in [6.45, 7) is 2.06. The lowest BCUT2D eigenvalue weighted by Crippen LogP contribution is -2.48. The average Bonchev–Trinajstić information content (AvgIpc) is 2.94. The molecule has 26 heavy (non-hydrogen) atoms. The predicted molar refractivity (Wildman–Crippen MR) is 102 cm³/mol. The van der Waals surface area contributed by atoms with Crippen LogP contribution in [0.1, 0.15) is 31.2 Å². The van der Waals surface area contributed by atoms with E-state index in [0.717, 1.165) is 36.8 Å². The van der Waals surface area contributed by atoms with Gasteiger partial charge < -0.3 is 4.74 Å². The van der Waals surface area contributed by atoms with Crippen molar-refractivity contribution in [2.75, 3.05) is 7.11 Å². The van der Waals surface area contributed by atoms with E-state index in [0.29, 0.717) is 4.90 Å². The van der Waals surface area contributed by atoms with Crippen LogP contribution in [0.25, 0.3) is 11.1 Å². The van der Waals surface area contributed by atoms with Gasteiger partial charge in [-0.1, -0.05) is 42.0 Å². The number of aryl methyl sites for hydroxylation is 1. The highest BCUT2D eigenvalue weighted by Crippen LogP contribution is 2.40. The van der Waals surface area contributed by atoms with Gasteiger partial charge in [0.1, 0.15) is 0 Å². The number of hydrogen-bond donors (Lipinski definition) is 0. The van der Waals surface area contributed by atoms with Crippen molar-refractivity contribution in [1.82, 2.24) is 4.31 Å². The lowest BCUT2D eigenvalue weighted by atomic mass is 10.0. The molecule has 0 aliphatic carbocycles. The molecule has 5 heteroatoms. The van der Waals surface area contributed by atoms with Crippen molar-refractivity contribution < 1.29 is 13.2 Å². The lowest BCUT2D eigenvalue weighted by Gasteiger charge is -2.37. The molecule has 0 spiro atoms. The summed E-state index contributed by atoms with van der Waals surface area (Å²) < 4.78 is 33.7. The monoisotopic (exact) mass is 371 g/mol. The maximum absolute atomic E-state index is 13.2. The van der Waals surface area contributed by atoms with E-state index in [1.54, 1.807) is 23.5 Å². The molecular formula is C21H25NO3S. The molecule has 4 nitrogen and oxygen atoms in total. The van der Waals surface area contributed by atoms with Gasteiger partial charge in [0.05, 0.1) is 11.0 Å². The molecule has 2 unspecified atom stereocenters. The summed E-state index contributed by atoms with van der Waals surface area (Å²) >= 11 is 0. The smallest absolute Gasteiger partial charge is 0.243 e. The third kappa shape index (κ3) is 3.08. The number of sulfonamides is 1. The molecule has 2 bridgehead atoms. The first-order valence-electron chi connectivity index (χ1n) is 9.22. The number of hydrogen-bond acceptors (Lipinski definition) is 3. The molecular weight excluding hydrogens is 346 g/mol. The summed E-state index contributed by atoms with van der Waals surface area (Å²) in [5.74, 6) is 0. The predicted octanol–water partition coefficient (Wildman–Crippen LogP) is 3.99. The van der Waals surface area contributed by atoms with Crippen LogP contribution >= 0.6 is 0 Å². The molecule has 0 saturated carbocycles. The zero-order valence-corrected chi connectivity index (χ0v) is 16.1. The van der Waals surface area contributed by atoms with E-state index in [9.17, 15) is 8.42 Å². The molecule has 2 atom stereocenters. The summed E-state index contributed by atoms with van der Waals surface area (Å²) in [5.41, 5.74) is 3.34. The van der Waals surface area contributed by atoms with E-state index >= 15 is 0 Å². The van der Waals surface area contributed by atoms with Crippen LogP contribution in [0.3, 0.4) is 0 Å². The number of piperidine rings is 1. The SMILES string of the molecule is COC1CC2CCC(C1)N2S(=O)(=O)c1ccc(-c2ccc(C)cc2)cc1. The zero-order chi connectivity index (χ0) is 18.3. The third-order valence-corrected chi connectivity index (χ3v) is 7.79. The first-order chi connectivity index (χ1) is 12.5. The minimum Gasteiger partial charge on any atom is -0.381 e. The zero-order valence-electron chi connectivity index (χ0n) is 15.3. The molecule has 138 valence electrons. The van der Waals surface area contributed by atoms with Crippen LogP contribution in [0.15, 0.2) is 53.4 Å². The number of benzene rings is 2. The maximum Gasteiger partial charge on any atom is 0.243 e. The largest absolute Gasteiger partial charge is 0.381 e. The second kappa shape index (κ2) is 6.80. The number of fused-ring (bicyclic) bond motifs is 2. The van der Waals surface area contributed by atoms with E-state index in [4.69, 9.17) is 4.74 Å². The highest BCUT2D eigenvalue weighted by atomic mass is 32.2. The van der Waals surface area contributed by atoms with Crippen molar-refractivity contribution in [3.63, 3.8) is 0 Å². The van der Waals surface area contributed by atoms with Crippen molar-refractivity contribution in [3.05, 3.63) is 54.1 Å². The van der Waals surface area contributed by atoms with Gasteiger partial charge in [-0.3, -0.25) is 0 Å². The summed E-state index contributed by atoms with van der Waals surface area (Å²) in [6.07, 6.45) is 3.65. The van der Waals surface area contributed by atoms with Gasteiger partial charge in [-0.05, 0) is 55.9 Å². The molecule has 2 aliphatic heterocycles. The first-order valence-corrected chi connectivity index (χ1v) is 10.7. The van der Waals surface area contributed by atoms with Gasteiger partial charge in [0.25, 0.3) is 0 Å². The molecule has 2 aromatic carbocycles. The molecule has 2 heterocycles. The molecule has 0 aromatic heterocycles. The van der Waals surface area contributed by atoms with E-state index < -0.39 is 10.0 Å². The van der Waals surface area contributed by atoms with Gasteiger partial charge in [0, 0.05) is 19.2 Å². The molecule has 4 rings (SSSR count). The Bertz CT molecular complexity index is 860. The van der Waals surface area contributed by atoms with Gasteiger partial charge in [-0.25, -0.2) is 8.42 Å². The lowest BCUT2D eigenvalue weighted by molar-refractivity contribution is 0.0349. The minimum absolute atomic E-state index is 0.0699. The Morgan fingerprint density at radius 2 is 1.38 bits per heavy atom. The van der Waals surface area contributed by atoms with Gasteiger partial charge >= 0.3 is 0 Å². The van der Waals surface area contributed by atoms with Crippen molar-refractivity contribution in [2.24, 2.45) is 0 Å². The molecule has 0 amide bonds. The Balaban J connectivity index is 1.60. The fourth-order valence-electron chi connectivity index (χ4n) is 4.36. The van der Waals surface area contributed by atoms with Crippen LogP contribution in [-0.2, 0) is 14.8 Å². The van der Waals surface area contributed by atoms with Crippen molar-refractivity contribution >= 4 is 10.0 Å². The second-order valence-electron chi connectivity index (χ2n) is 7.44. The molecule has 0 radical (unpaired) electrons. The molecule has 0 N–H and O–H groups in total. The second-order valence-corrected chi connectivity index (χ2v) is 9.28. The van der Waals surface area contributed by atoms with Crippen LogP contribution in [0.5, 0.6) is 0 Å². The Kier molecular flexibility index (Phi) is 4.63. The quantitative estimate of drug-likeness (QED) is 0.816. The topological polar surface area (TPSA) is 46.6 Å². The van der Waals surface area contributed by atoms with E-state index in [1.807, 2.05) is 12.1 Å². The highest BCUT2D eigenvalue weighted by molar-refractivity contribution is 7.89. The van der Waals surface area contributed by atoms with Gasteiger partial charge in [0.2, 0.25) is 10.0 Å².